The van der Waals surface area contributed by atoms with Crippen molar-refractivity contribution in [2.75, 3.05) is 13.1 Å². The Morgan fingerprint density at radius 2 is 2.29 bits per heavy atom. The highest BCUT2D eigenvalue weighted by atomic mass is 19.1. The number of likely N-dealkylation sites (tertiary alicyclic amines) is 1. The number of hydrogen-bond acceptors (Lipinski definition) is 2. The van der Waals surface area contributed by atoms with Crippen molar-refractivity contribution in [2.45, 2.75) is 12.5 Å². The van der Waals surface area contributed by atoms with Crippen LogP contribution in [-0.4, -0.2) is 30.0 Å². The molecule has 0 saturated carbocycles. The molecule has 4 heteroatoms. The molecule has 1 heterocycles. The van der Waals surface area contributed by atoms with E-state index in [0.717, 1.165) is 0 Å². The lowest BCUT2D eigenvalue weighted by atomic mass is 10.3. The third-order valence-electron chi connectivity index (χ3n) is 2.76. The number of amides is 1. The molecule has 0 radical (unpaired) electrons. The molecule has 1 aromatic carbocycles. The number of carbonyl (C=O) groups excluding carboxylic acids is 1. The van der Waals surface area contributed by atoms with Crippen LogP contribution in [0.4, 0.5) is 4.39 Å². The van der Waals surface area contributed by atoms with Crippen LogP contribution in [-0.2, 0) is 4.79 Å². The lowest BCUT2D eigenvalue weighted by Crippen LogP contribution is -2.29. The van der Waals surface area contributed by atoms with Gasteiger partial charge >= 0.3 is 0 Å². The van der Waals surface area contributed by atoms with E-state index in [9.17, 15) is 9.18 Å². The molecule has 90 valence electrons. The van der Waals surface area contributed by atoms with Crippen LogP contribution in [0.1, 0.15) is 6.42 Å². The predicted octanol–water partition coefficient (Wildman–Crippen LogP) is 1.99. The summed E-state index contributed by atoms with van der Waals surface area (Å²) < 4.78 is 18.9. The van der Waals surface area contributed by atoms with Crippen molar-refractivity contribution in [3.05, 3.63) is 42.7 Å². The van der Waals surface area contributed by atoms with Gasteiger partial charge in [0.2, 0.25) is 5.91 Å². The van der Waals surface area contributed by atoms with Gasteiger partial charge in [-0.2, -0.15) is 0 Å². The summed E-state index contributed by atoms with van der Waals surface area (Å²) in [5.74, 6) is -0.240. The Kier molecular flexibility index (Phi) is 3.42. The van der Waals surface area contributed by atoms with Crippen LogP contribution < -0.4 is 4.74 Å². The van der Waals surface area contributed by atoms with Crippen molar-refractivity contribution in [2.24, 2.45) is 0 Å². The molecule has 1 aromatic rings. The molecule has 2 rings (SSSR count). The second kappa shape index (κ2) is 4.99. The third-order valence-corrected chi connectivity index (χ3v) is 2.76. The van der Waals surface area contributed by atoms with Gasteiger partial charge in [0.25, 0.3) is 0 Å². The lowest BCUT2D eigenvalue weighted by molar-refractivity contribution is -0.125. The molecule has 1 saturated heterocycles. The Morgan fingerprint density at radius 1 is 1.53 bits per heavy atom. The maximum Gasteiger partial charge on any atom is 0.246 e. The number of ether oxygens (including phenoxy) is 1. The minimum Gasteiger partial charge on any atom is -0.485 e. The molecule has 0 spiro atoms. The van der Waals surface area contributed by atoms with Gasteiger partial charge in [-0.15, -0.1) is 0 Å². The minimum absolute atomic E-state index is 0.107. The fourth-order valence-corrected chi connectivity index (χ4v) is 1.87. The minimum atomic E-state index is -0.374. The zero-order chi connectivity index (χ0) is 12.3. The summed E-state index contributed by atoms with van der Waals surface area (Å²) in [7, 11) is 0. The highest BCUT2D eigenvalue weighted by Crippen LogP contribution is 2.21. The van der Waals surface area contributed by atoms with Crippen molar-refractivity contribution in [3.8, 4) is 5.75 Å². The van der Waals surface area contributed by atoms with Crippen LogP contribution in [0.5, 0.6) is 5.75 Å². The molecule has 0 N–H and O–H groups in total. The summed E-state index contributed by atoms with van der Waals surface area (Å²) in [5, 5.41) is 0. The van der Waals surface area contributed by atoms with Crippen LogP contribution in [0.15, 0.2) is 36.9 Å². The molecule has 1 unspecified atom stereocenters. The summed E-state index contributed by atoms with van der Waals surface area (Å²) >= 11 is 0. The summed E-state index contributed by atoms with van der Waals surface area (Å²) in [5.41, 5.74) is 0. The molecule has 1 amide bonds. The van der Waals surface area contributed by atoms with Gasteiger partial charge in [0, 0.05) is 13.0 Å². The molecule has 1 fully saturated rings. The highest BCUT2D eigenvalue weighted by molar-refractivity contribution is 5.87. The smallest absolute Gasteiger partial charge is 0.246 e. The zero-order valence-electron chi connectivity index (χ0n) is 9.43. The Labute approximate surface area is 99.5 Å². The molecule has 17 heavy (non-hydrogen) atoms. The first kappa shape index (κ1) is 11.6. The fraction of sp³-hybridized carbons (Fsp3) is 0.308. The normalized spacial score (nSPS) is 19.1. The van der Waals surface area contributed by atoms with Crippen molar-refractivity contribution >= 4 is 5.91 Å². The number of nitrogens with zero attached hydrogens (tertiary/aromatic N) is 1. The topological polar surface area (TPSA) is 29.5 Å². The van der Waals surface area contributed by atoms with E-state index in [1.165, 1.54) is 12.1 Å². The van der Waals surface area contributed by atoms with Gasteiger partial charge in [-0.1, -0.05) is 18.7 Å². The number of hydrogen-bond donors (Lipinski definition) is 0. The van der Waals surface area contributed by atoms with E-state index in [1.807, 2.05) is 0 Å². The van der Waals surface area contributed by atoms with Gasteiger partial charge in [0.05, 0.1) is 6.54 Å². The van der Waals surface area contributed by atoms with Crippen molar-refractivity contribution in [1.82, 2.24) is 4.90 Å². The molecule has 0 aromatic heterocycles. The SMILES string of the molecule is C=CC(=O)N1CCC(Oc2ccccc2F)C1. The molecule has 1 aliphatic rings. The highest BCUT2D eigenvalue weighted by Gasteiger charge is 2.26. The van der Waals surface area contributed by atoms with Crippen LogP contribution in [0, 0.1) is 5.82 Å². The van der Waals surface area contributed by atoms with Crippen molar-refractivity contribution < 1.29 is 13.9 Å². The van der Waals surface area contributed by atoms with Crippen LogP contribution in [0.3, 0.4) is 0 Å². The standard InChI is InChI=1S/C13H14FNO2/c1-2-13(16)15-8-7-10(9-15)17-12-6-4-3-5-11(12)14/h2-6,10H,1,7-9H2. The first-order valence-electron chi connectivity index (χ1n) is 5.53. The molecule has 0 aliphatic carbocycles. The third kappa shape index (κ3) is 2.64. The lowest BCUT2D eigenvalue weighted by Gasteiger charge is -2.15. The Bertz CT molecular complexity index is 433. The van der Waals surface area contributed by atoms with Crippen molar-refractivity contribution in [3.63, 3.8) is 0 Å². The molecule has 3 nitrogen and oxygen atoms in total. The Hall–Kier alpha value is -1.84. The van der Waals surface area contributed by atoms with E-state index in [-0.39, 0.29) is 23.6 Å². The van der Waals surface area contributed by atoms with Crippen LogP contribution in [0.2, 0.25) is 0 Å². The average molecular weight is 235 g/mol. The molecule has 0 bridgehead atoms. The summed E-state index contributed by atoms with van der Waals surface area (Å²) in [6, 6.07) is 6.29. The van der Waals surface area contributed by atoms with E-state index in [1.54, 1.807) is 23.1 Å². The van der Waals surface area contributed by atoms with Gasteiger partial charge in [0.15, 0.2) is 11.6 Å². The largest absolute Gasteiger partial charge is 0.485 e. The maximum atomic E-state index is 13.3. The van der Waals surface area contributed by atoms with Gasteiger partial charge in [-0.3, -0.25) is 4.79 Å². The number of halogens is 1. The second-order valence-electron chi connectivity index (χ2n) is 3.95. The Balaban J connectivity index is 1.96. The van der Waals surface area contributed by atoms with Crippen LogP contribution in [0.25, 0.3) is 0 Å². The van der Waals surface area contributed by atoms with Gasteiger partial charge in [-0.25, -0.2) is 4.39 Å². The summed E-state index contributed by atoms with van der Waals surface area (Å²) in [6.45, 7) is 4.55. The van der Waals surface area contributed by atoms with E-state index < -0.39 is 0 Å². The zero-order valence-corrected chi connectivity index (χ0v) is 9.43. The number of benzene rings is 1. The maximum absolute atomic E-state index is 13.3. The number of para-hydroxylation sites is 1. The Morgan fingerprint density at radius 3 is 3.00 bits per heavy atom. The van der Waals surface area contributed by atoms with E-state index in [0.29, 0.717) is 19.5 Å². The van der Waals surface area contributed by atoms with E-state index >= 15 is 0 Å². The molecule has 1 atom stereocenters. The monoisotopic (exact) mass is 235 g/mol. The molecular weight excluding hydrogens is 221 g/mol. The van der Waals surface area contributed by atoms with Gasteiger partial charge < -0.3 is 9.64 Å². The number of carbonyl (C=O) groups is 1. The van der Waals surface area contributed by atoms with Gasteiger partial charge in [-0.05, 0) is 18.2 Å². The van der Waals surface area contributed by atoms with E-state index in [2.05, 4.69) is 6.58 Å². The van der Waals surface area contributed by atoms with Crippen molar-refractivity contribution in [1.29, 1.82) is 0 Å². The first-order valence-corrected chi connectivity index (χ1v) is 5.53. The van der Waals surface area contributed by atoms with Crippen LogP contribution >= 0.6 is 0 Å². The molecule has 1 aliphatic heterocycles. The fourth-order valence-electron chi connectivity index (χ4n) is 1.87. The second-order valence-corrected chi connectivity index (χ2v) is 3.95. The average Bonchev–Trinajstić information content (AvgIpc) is 2.80. The van der Waals surface area contributed by atoms with E-state index in [4.69, 9.17) is 4.74 Å². The first-order chi connectivity index (χ1) is 8.20. The molecular formula is C13H14FNO2. The summed E-state index contributed by atoms with van der Waals surface area (Å²) in [6.07, 6.45) is 1.86. The quantitative estimate of drug-likeness (QED) is 0.750. The number of rotatable bonds is 3. The predicted molar refractivity (Wildman–Crippen MR) is 62.2 cm³/mol. The summed E-state index contributed by atoms with van der Waals surface area (Å²) in [4.78, 5) is 13.0. The van der Waals surface area contributed by atoms with Gasteiger partial charge in [0.1, 0.15) is 6.10 Å².